The van der Waals surface area contributed by atoms with Crippen LogP contribution in [0.4, 0.5) is 8.78 Å². The number of benzene rings is 1. The van der Waals surface area contributed by atoms with Crippen LogP contribution < -0.4 is 0 Å². The minimum atomic E-state index is -0.510. The Bertz CT molecular complexity index is 641. The van der Waals surface area contributed by atoms with Gasteiger partial charge in [0.05, 0.1) is 6.04 Å². The van der Waals surface area contributed by atoms with Crippen molar-refractivity contribution in [1.82, 2.24) is 20.1 Å². The summed E-state index contributed by atoms with van der Waals surface area (Å²) >= 11 is 0. The summed E-state index contributed by atoms with van der Waals surface area (Å²) in [6.45, 7) is 1.35. The summed E-state index contributed by atoms with van der Waals surface area (Å²) in [6, 6.07) is 3.93. The number of aromatic nitrogens is 3. The Morgan fingerprint density at radius 3 is 2.83 bits per heavy atom. The predicted octanol–water partition coefficient (Wildman–Crippen LogP) is 2.96. The van der Waals surface area contributed by atoms with Gasteiger partial charge in [-0.2, -0.15) is 5.10 Å². The molecule has 1 N–H and O–H groups in total. The SMILES string of the molecule is COCc1nc([C@@H]2CCCCN2Cc2c(F)cccc2F)n[nH]1. The fourth-order valence-corrected chi connectivity index (χ4v) is 3.02. The first kappa shape index (κ1) is 16.0. The Morgan fingerprint density at radius 2 is 2.09 bits per heavy atom. The van der Waals surface area contributed by atoms with Crippen LogP contribution in [-0.2, 0) is 17.9 Å². The summed E-state index contributed by atoms with van der Waals surface area (Å²) < 4.78 is 32.9. The molecule has 1 fully saturated rings. The minimum absolute atomic E-state index is 0.0374. The zero-order chi connectivity index (χ0) is 16.2. The van der Waals surface area contributed by atoms with Crippen molar-refractivity contribution in [3.63, 3.8) is 0 Å². The van der Waals surface area contributed by atoms with E-state index in [1.54, 1.807) is 7.11 Å². The van der Waals surface area contributed by atoms with Crippen LogP contribution in [0.5, 0.6) is 0 Å². The lowest BCUT2D eigenvalue weighted by Gasteiger charge is -2.34. The van der Waals surface area contributed by atoms with E-state index in [2.05, 4.69) is 15.2 Å². The summed E-state index contributed by atoms with van der Waals surface area (Å²) in [7, 11) is 1.59. The number of aromatic amines is 1. The first-order valence-electron chi connectivity index (χ1n) is 7.76. The second kappa shape index (κ2) is 7.14. The molecule has 23 heavy (non-hydrogen) atoms. The highest BCUT2D eigenvalue weighted by Gasteiger charge is 2.28. The van der Waals surface area contributed by atoms with Crippen LogP contribution in [0.2, 0.25) is 0 Å². The number of hydrogen-bond donors (Lipinski definition) is 1. The van der Waals surface area contributed by atoms with Gasteiger partial charge in [-0.05, 0) is 31.5 Å². The zero-order valence-electron chi connectivity index (χ0n) is 13.1. The third kappa shape index (κ3) is 3.56. The molecule has 0 aliphatic carbocycles. The lowest BCUT2D eigenvalue weighted by Crippen LogP contribution is -2.34. The third-order valence-electron chi connectivity index (χ3n) is 4.16. The van der Waals surface area contributed by atoms with Gasteiger partial charge in [0.15, 0.2) is 11.6 Å². The molecule has 0 bridgehead atoms. The lowest BCUT2D eigenvalue weighted by atomic mass is 10.0. The van der Waals surface area contributed by atoms with Crippen molar-refractivity contribution in [2.75, 3.05) is 13.7 Å². The van der Waals surface area contributed by atoms with Crippen molar-refractivity contribution in [3.05, 3.63) is 47.0 Å². The van der Waals surface area contributed by atoms with Crippen LogP contribution in [0.1, 0.15) is 42.5 Å². The van der Waals surface area contributed by atoms with Gasteiger partial charge in [0.1, 0.15) is 18.2 Å². The number of hydrogen-bond acceptors (Lipinski definition) is 4. The van der Waals surface area contributed by atoms with E-state index in [1.807, 2.05) is 4.90 Å². The Morgan fingerprint density at radius 1 is 1.30 bits per heavy atom. The molecule has 2 aromatic rings. The fourth-order valence-electron chi connectivity index (χ4n) is 3.02. The summed E-state index contributed by atoms with van der Waals surface area (Å²) in [5, 5.41) is 7.10. The largest absolute Gasteiger partial charge is 0.377 e. The molecule has 0 saturated carbocycles. The molecule has 7 heteroatoms. The Balaban J connectivity index is 1.81. The van der Waals surface area contributed by atoms with Gasteiger partial charge in [0, 0.05) is 19.2 Å². The molecule has 3 rings (SSSR count). The van der Waals surface area contributed by atoms with Gasteiger partial charge in [-0.25, -0.2) is 13.8 Å². The van der Waals surface area contributed by atoms with E-state index in [0.717, 1.165) is 25.8 Å². The van der Waals surface area contributed by atoms with Gasteiger partial charge in [-0.3, -0.25) is 10.00 Å². The summed E-state index contributed by atoms with van der Waals surface area (Å²) in [4.78, 5) is 6.49. The van der Waals surface area contributed by atoms with Gasteiger partial charge in [0.25, 0.3) is 0 Å². The molecule has 1 saturated heterocycles. The van der Waals surface area contributed by atoms with Crippen molar-refractivity contribution >= 4 is 0 Å². The molecule has 0 spiro atoms. The number of likely N-dealkylation sites (tertiary alicyclic amines) is 1. The Hall–Kier alpha value is -1.86. The minimum Gasteiger partial charge on any atom is -0.377 e. The van der Waals surface area contributed by atoms with Crippen LogP contribution in [-0.4, -0.2) is 33.7 Å². The Labute approximate surface area is 133 Å². The van der Waals surface area contributed by atoms with Crippen LogP contribution in [0.3, 0.4) is 0 Å². The van der Waals surface area contributed by atoms with Crippen molar-refractivity contribution in [2.45, 2.75) is 38.5 Å². The fraction of sp³-hybridized carbons (Fsp3) is 0.500. The molecule has 124 valence electrons. The van der Waals surface area contributed by atoms with E-state index in [4.69, 9.17) is 4.74 Å². The van der Waals surface area contributed by atoms with Gasteiger partial charge < -0.3 is 4.74 Å². The summed E-state index contributed by atoms with van der Waals surface area (Å²) in [5.74, 6) is 0.298. The monoisotopic (exact) mass is 322 g/mol. The first-order valence-corrected chi connectivity index (χ1v) is 7.76. The van der Waals surface area contributed by atoms with Gasteiger partial charge in [-0.1, -0.05) is 12.5 Å². The molecule has 1 aliphatic heterocycles. The highest BCUT2D eigenvalue weighted by atomic mass is 19.1. The average molecular weight is 322 g/mol. The van der Waals surface area contributed by atoms with E-state index in [1.165, 1.54) is 18.2 Å². The molecule has 5 nitrogen and oxygen atoms in total. The number of ether oxygens (including phenoxy) is 1. The first-order chi connectivity index (χ1) is 11.2. The molecule has 2 heterocycles. The van der Waals surface area contributed by atoms with Crippen LogP contribution in [0.25, 0.3) is 0 Å². The second-order valence-corrected chi connectivity index (χ2v) is 5.76. The van der Waals surface area contributed by atoms with Crippen LogP contribution >= 0.6 is 0 Å². The van der Waals surface area contributed by atoms with Gasteiger partial charge in [0.2, 0.25) is 0 Å². The van der Waals surface area contributed by atoms with Crippen molar-refractivity contribution in [1.29, 1.82) is 0 Å². The smallest absolute Gasteiger partial charge is 0.167 e. The maximum atomic E-state index is 13.9. The molecule has 0 unspecified atom stereocenters. The molecular formula is C16H20F2N4O. The molecule has 1 aromatic carbocycles. The summed E-state index contributed by atoms with van der Waals surface area (Å²) in [5.41, 5.74) is 0.104. The number of H-pyrrole nitrogens is 1. The highest BCUT2D eigenvalue weighted by molar-refractivity contribution is 5.20. The number of piperidine rings is 1. The standard InChI is InChI=1S/C16H20F2N4O/c1-23-10-15-19-16(21-20-15)14-7-2-3-8-22(14)9-11-12(17)5-4-6-13(11)18/h4-6,14H,2-3,7-10H2,1H3,(H,19,20,21)/t14-/m0/s1. The van der Waals surface area contributed by atoms with Crippen LogP contribution in [0.15, 0.2) is 18.2 Å². The van der Waals surface area contributed by atoms with Crippen LogP contribution in [0, 0.1) is 11.6 Å². The van der Waals surface area contributed by atoms with Crippen molar-refractivity contribution < 1.29 is 13.5 Å². The predicted molar refractivity (Wildman–Crippen MR) is 80.5 cm³/mol. The molecule has 1 aromatic heterocycles. The van der Waals surface area contributed by atoms with E-state index in [0.29, 0.717) is 18.3 Å². The van der Waals surface area contributed by atoms with Gasteiger partial charge in [-0.15, -0.1) is 0 Å². The Kier molecular flexibility index (Phi) is 4.97. The summed E-state index contributed by atoms with van der Waals surface area (Å²) in [6.07, 6.45) is 2.93. The van der Waals surface area contributed by atoms with E-state index in [-0.39, 0.29) is 18.2 Å². The molecule has 1 atom stereocenters. The third-order valence-corrected chi connectivity index (χ3v) is 4.16. The number of nitrogens with zero attached hydrogens (tertiary/aromatic N) is 3. The number of halogens is 2. The molecule has 1 aliphatic rings. The number of nitrogens with one attached hydrogen (secondary N) is 1. The van der Waals surface area contributed by atoms with Crippen molar-refractivity contribution in [3.8, 4) is 0 Å². The number of rotatable bonds is 5. The molecule has 0 radical (unpaired) electrons. The topological polar surface area (TPSA) is 54.0 Å². The maximum absolute atomic E-state index is 13.9. The second-order valence-electron chi connectivity index (χ2n) is 5.76. The maximum Gasteiger partial charge on any atom is 0.167 e. The lowest BCUT2D eigenvalue weighted by molar-refractivity contribution is 0.130. The highest BCUT2D eigenvalue weighted by Crippen LogP contribution is 2.31. The van der Waals surface area contributed by atoms with Crippen molar-refractivity contribution in [2.24, 2.45) is 0 Å². The zero-order valence-corrected chi connectivity index (χ0v) is 13.1. The quantitative estimate of drug-likeness (QED) is 0.919. The molecule has 0 amide bonds. The normalized spacial score (nSPS) is 19.2. The van der Waals surface area contributed by atoms with E-state index in [9.17, 15) is 8.78 Å². The average Bonchev–Trinajstić information content (AvgIpc) is 3.00. The molecular weight excluding hydrogens is 302 g/mol. The van der Waals surface area contributed by atoms with Gasteiger partial charge >= 0.3 is 0 Å². The van der Waals surface area contributed by atoms with E-state index >= 15 is 0 Å². The number of methoxy groups -OCH3 is 1. The van der Waals surface area contributed by atoms with E-state index < -0.39 is 11.6 Å².